The van der Waals surface area contributed by atoms with Crippen molar-refractivity contribution in [2.75, 3.05) is 14.1 Å². The van der Waals surface area contributed by atoms with Crippen LogP contribution in [-0.2, 0) is 0 Å². The van der Waals surface area contributed by atoms with E-state index in [4.69, 9.17) is 5.73 Å². The van der Waals surface area contributed by atoms with Crippen molar-refractivity contribution in [3.05, 3.63) is 41.1 Å². The number of benzene rings is 1. The van der Waals surface area contributed by atoms with Crippen molar-refractivity contribution in [1.82, 2.24) is 4.90 Å². The van der Waals surface area contributed by atoms with Gasteiger partial charge in [-0.3, -0.25) is 0 Å². The Balaban J connectivity index is 2.58. The minimum Gasteiger partial charge on any atom is -0.404 e. The minimum atomic E-state index is 0.555. The van der Waals surface area contributed by atoms with Crippen LogP contribution in [0.4, 0.5) is 0 Å². The van der Waals surface area contributed by atoms with Crippen LogP contribution in [0.15, 0.2) is 24.4 Å². The molecule has 1 aliphatic rings. The van der Waals surface area contributed by atoms with Gasteiger partial charge in [0.1, 0.15) is 0 Å². The van der Waals surface area contributed by atoms with Crippen molar-refractivity contribution in [1.29, 1.82) is 0 Å². The summed E-state index contributed by atoms with van der Waals surface area (Å²) >= 11 is 0. The predicted octanol–water partition coefficient (Wildman–Crippen LogP) is 3.12. The Morgan fingerprint density at radius 2 is 2.11 bits per heavy atom. The molecule has 0 spiro atoms. The smallest absolute Gasteiger partial charge is 0.0199 e. The average molecular weight is 244 g/mol. The van der Waals surface area contributed by atoms with Crippen molar-refractivity contribution in [2.45, 2.75) is 38.6 Å². The number of nitrogens with zero attached hydrogens (tertiary/aromatic N) is 1. The molecule has 2 rings (SSSR count). The highest BCUT2D eigenvalue weighted by atomic mass is 15.1. The number of hydrogen-bond acceptors (Lipinski definition) is 2. The summed E-state index contributed by atoms with van der Waals surface area (Å²) in [4.78, 5) is 2.34. The van der Waals surface area contributed by atoms with Gasteiger partial charge in [0, 0.05) is 12.0 Å². The van der Waals surface area contributed by atoms with Gasteiger partial charge in [-0.15, -0.1) is 0 Å². The summed E-state index contributed by atoms with van der Waals surface area (Å²) in [5.41, 5.74) is 11.4. The normalized spacial score (nSPS) is 25.5. The summed E-state index contributed by atoms with van der Waals surface area (Å²) < 4.78 is 0. The average Bonchev–Trinajstić information content (AvgIpc) is 2.36. The van der Waals surface area contributed by atoms with E-state index in [1.165, 1.54) is 28.7 Å². The lowest BCUT2D eigenvalue weighted by atomic mass is 9.74. The Morgan fingerprint density at radius 1 is 1.39 bits per heavy atom. The van der Waals surface area contributed by atoms with Gasteiger partial charge in [0.2, 0.25) is 0 Å². The standard InChI is InChI=1S/C16H24N2/c1-5-13-14-8-6-7-11(2)16(14)12(10-17)9-15(13)18(3)4/h6-8,10,13,15H,5,9,17H2,1-4H3/b12-10-. The zero-order valence-electron chi connectivity index (χ0n) is 11.9. The molecule has 2 N–H and O–H groups in total. The van der Waals surface area contributed by atoms with Gasteiger partial charge in [-0.1, -0.05) is 25.1 Å². The Morgan fingerprint density at radius 3 is 2.67 bits per heavy atom. The molecular weight excluding hydrogens is 220 g/mol. The molecule has 2 heteroatoms. The minimum absolute atomic E-state index is 0.555. The SMILES string of the molecule is CCC1c2cccc(C)c2/C(=C\N)CC1N(C)C. The lowest BCUT2D eigenvalue weighted by Gasteiger charge is -2.39. The number of rotatable bonds is 2. The van der Waals surface area contributed by atoms with Crippen LogP contribution < -0.4 is 5.73 Å². The zero-order chi connectivity index (χ0) is 13.3. The van der Waals surface area contributed by atoms with E-state index in [1.807, 2.05) is 0 Å². The van der Waals surface area contributed by atoms with Gasteiger partial charge >= 0.3 is 0 Å². The fourth-order valence-corrected chi connectivity index (χ4v) is 3.30. The zero-order valence-corrected chi connectivity index (χ0v) is 11.9. The molecule has 0 saturated heterocycles. The first kappa shape index (κ1) is 13.2. The summed E-state index contributed by atoms with van der Waals surface area (Å²) in [6.07, 6.45) is 4.03. The van der Waals surface area contributed by atoms with Crippen molar-refractivity contribution in [3.8, 4) is 0 Å². The van der Waals surface area contributed by atoms with E-state index < -0.39 is 0 Å². The van der Waals surface area contributed by atoms with Gasteiger partial charge in [-0.05, 0) is 62.3 Å². The third-order valence-electron chi connectivity index (χ3n) is 4.22. The molecule has 0 heterocycles. The Hall–Kier alpha value is -1.28. The molecule has 0 radical (unpaired) electrons. The Kier molecular flexibility index (Phi) is 3.76. The second-order valence-corrected chi connectivity index (χ2v) is 5.48. The molecule has 0 saturated carbocycles. The molecule has 0 fully saturated rings. The fraction of sp³-hybridized carbons (Fsp3) is 0.500. The quantitative estimate of drug-likeness (QED) is 0.866. The molecule has 18 heavy (non-hydrogen) atoms. The molecule has 1 aromatic rings. The van der Waals surface area contributed by atoms with E-state index in [9.17, 15) is 0 Å². The highest BCUT2D eigenvalue weighted by Gasteiger charge is 2.32. The van der Waals surface area contributed by atoms with E-state index >= 15 is 0 Å². The third kappa shape index (κ3) is 2.05. The van der Waals surface area contributed by atoms with Gasteiger partial charge in [0.05, 0.1) is 0 Å². The second kappa shape index (κ2) is 5.15. The van der Waals surface area contributed by atoms with Gasteiger partial charge in [0.25, 0.3) is 0 Å². The van der Waals surface area contributed by atoms with Crippen LogP contribution >= 0.6 is 0 Å². The lowest BCUT2D eigenvalue weighted by molar-refractivity contribution is 0.247. The molecule has 0 aliphatic heterocycles. The molecule has 2 atom stereocenters. The lowest BCUT2D eigenvalue weighted by Crippen LogP contribution is -2.37. The fourth-order valence-electron chi connectivity index (χ4n) is 3.30. The van der Waals surface area contributed by atoms with Crippen LogP contribution in [0.3, 0.4) is 0 Å². The van der Waals surface area contributed by atoms with E-state index in [0.29, 0.717) is 12.0 Å². The second-order valence-electron chi connectivity index (χ2n) is 5.48. The van der Waals surface area contributed by atoms with Crippen LogP contribution in [0, 0.1) is 6.92 Å². The van der Waals surface area contributed by atoms with Crippen LogP contribution in [0.25, 0.3) is 5.57 Å². The van der Waals surface area contributed by atoms with Crippen molar-refractivity contribution >= 4 is 5.57 Å². The van der Waals surface area contributed by atoms with Gasteiger partial charge < -0.3 is 10.6 Å². The maximum absolute atomic E-state index is 5.86. The molecule has 1 aromatic carbocycles. The van der Waals surface area contributed by atoms with Crippen LogP contribution in [-0.4, -0.2) is 25.0 Å². The molecule has 0 bridgehead atoms. The van der Waals surface area contributed by atoms with Gasteiger partial charge in [-0.25, -0.2) is 0 Å². The highest BCUT2D eigenvalue weighted by Crippen LogP contribution is 2.42. The number of hydrogen-bond donors (Lipinski definition) is 1. The summed E-state index contributed by atoms with van der Waals surface area (Å²) in [7, 11) is 4.34. The predicted molar refractivity (Wildman–Crippen MR) is 78.5 cm³/mol. The Bertz CT molecular complexity index is 460. The molecule has 1 aliphatic carbocycles. The largest absolute Gasteiger partial charge is 0.404 e. The van der Waals surface area contributed by atoms with E-state index in [1.54, 1.807) is 6.20 Å². The summed E-state index contributed by atoms with van der Waals surface area (Å²) in [6.45, 7) is 4.47. The van der Waals surface area contributed by atoms with Crippen LogP contribution in [0.5, 0.6) is 0 Å². The molecule has 98 valence electrons. The highest BCUT2D eigenvalue weighted by molar-refractivity contribution is 5.73. The maximum Gasteiger partial charge on any atom is 0.0199 e. The summed E-state index contributed by atoms with van der Waals surface area (Å²) in [5.74, 6) is 0.610. The van der Waals surface area contributed by atoms with Crippen molar-refractivity contribution in [2.24, 2.45) is 5.73 Å². The van der Waals surface area contributed by atoms with Gasteiger partial charge in [-0.2, -0.15) is 0 Å². The first-order chi connectivity index (χ1) is 8.60. The van der Waals surface area contributed by atoms with Crippen LogP contribution in [0.1, 0.15) is 42.4 Å². The van der Waals surface area contributed by atoms with Crippen LogP contribution in [0.2, 0.25) is 0 Å². The number of fused-ring (bicyclic) bond motifs is 1. The summed E-state index contributed by atoms with van der Waals surface area (Å²) in [6, 6.07) is 7.18. The first-order valence-electron chi connectivity index (χ1n) is 6.77. The van der Waals surface area contributed by atoms with E-state index in [2.05, 4.69) is 51.0 Å². The van der Waals surface area contributed by atoms with E-state index in [-0.39, 0.29) is 0 Å². The molecule has 2 nitrogen and oxygen atoms in total. The van der Waals surface area contributed by atoms with Crippen molar-refractivity contribution in [3.63, 3.8) is 0 Å². The van der Waals surface area contributed by atoms with Gasteiger partial charge in [0.15, 0.2) is 0 Å². The Labute approximate surface area is 110 Å². The molecule has 0 aromatic heterocycles. The first-order valence-corrected chi connectivity index (χ1v) is 6.77. The third-order valence-corrected chi connectivity index (χ3v) is 4.22. The number of likely N-dealkylation sites (N-methyl/N-ethyl adjacent to an activating group) is 1. The topological polar surface area (TPSA) is 29.3 Å². The molecule has 0 amide bonds. The van der Waals surface area contributed by atoms with E-state index in [0.717, 1.165) is 6.42 Å². The number of aryl methyl sites for hydroxylation is 1. The summed E-state index contributed by atoms with van der Waals surface area (Å²) in [5, 5.41) is 0. The van der Waals surface area contributed by atoms with Crippen molar-refractivity contribution < 1.29 is 0 Å². The maximum atomic E-state index is 5.86. The number of nitrogens with two attached hydrogens (primary N) is 1. The molecule has 2 unspecified atom stereocenters. The molecular formula is C16H24N2. The monoisotopic (exact) mass is 244 g/mol.